The highest BCUT2D eigenvalue weighted by molar-refractivity contribution is 5.94. The molecule has 0 aliphatic heterocycles. The number of aromatic nitrogens is 2. The number of carbonyl (C=O) groups excluding carboxylic acids is 1. The molecule has 1 aromatic heterocycles. The van der Waals surface area contributed by atoms with Gasteiger partial charge < -0.3 is 10.6 Å². The molecule has 1 heterocycles. The number of hydrogen-bond acceptors (Lipinski definition) is 3. The van der Waals surface area contributed by atoms with Crippen molar-refractivity contribution in [2.45, 2.75) is 13.5 Å². The van der Waals surface area contributed by atoms with Gasteiger partial charge in [-0.2, -0.15) is 5.10 Å². The molecular formula is C14H16F2N4O. The topological polar surface area (TPSA) is 59.0 Å². The molecule has 2 rings (SSSR count). The molecule has 1 aromatic carbocycles. The zero-order valence-corrected chi connectivity index (χ0v) is 11.8. The Balaban J connectivity index is 2.08. The fraction of sp³-hybridized carbons (Fsp3) is 0.286. The van der Waals surface area contributed by atoms with Crippen LogP contribution in [0.5, 0.6) is 0 Å². The van der Waals surface area contributed by atoms with E-state index in [2.05, 4.69) is 15.7 Å². The summed E-state index contributed by atoms with van der Waals surface area (Å²) in [4.78, 5) is 11.9. The first-order valence-corrected chi connectivity index (χ1v) is 6.50. The molecule has 2 aromatic rings. The van der Waals surface area contributed by atoms with E-state index < -0.39 is 17.5 Å². The smallest absolute Gasteiger partial charge is 0.251 e. The third kappa shape index (κ3) is 3.56. The van der Waals surface area contributed by atoms with Crippen LogP contribution in [0.15, 0.2) is 24.5 Å². The molecule has 0 aliphatic rings. The number of amides is 1. The minimum Gasteiger partial charge on any atom is -0.381 e. The molecule has 0 saturated carbocycles. The van der Waals surface area contributed by atoms with Crippen molar-refractivity contribution in [2.24, 2.45) is 7.05 Å². The van der Waals surface area contributed by atoms with Gasteiger partial charge in [0, 0.05) is 37.5 Å². The first-order chi connectivity index (χ1) is 10.0. The molecule has 7 heteroatoms. The first-order valence-electron chi connectivity index (χ1n) is 6.50. The molecule has 0 bridgehead atoms. The van der Waals surface area contributed by atoms with Crippen molar-refractivity contribution in [3.8, 4) is 0 Å². The number of nitrogens with zero attached hydrogens (tertiary/aromatic N) is 2. The Morgan fingerprint density at radius 3 is 2.52 bits per heavy atom. The molecule has 0 fully saturated rings. The number of benzene rings is 1. The van der Waals surface area contributed by atoms with Gasteiger partial charge in [-0.3, -0.25) is 9.48 Å². The highest BCUT2D eigenvalue weighted by atomic mass is 19.1. The Bertz CT molecular complexity index is 631. The average Bonchev–Trinajstić information content (AvgIpc) is 2.85. The Hall–Kier alpha value is -2.44. The van der Waals surface area contributed by atoms with Gasteiger partial charge in [-0.25, -0.2) is 8.78 Å². The summed E-state index contributed by atoms with van der Waals surface area (Å²) in [6, 6.07) is 2.03. The van der Waals surface area contributed by atoms with Crippen LogP contribution in [-0.2, 0) is 13.6 Å². The Kier molecular flexibility index (Phi) is 4.52. The van der Waals surface area contributed by atoms with Crippen molar-refractivity contribution in [1.29, 1.82) is 0 Å². The highest BCUT2D eigenvalue weighted by Crippen LogP contribution is 2.20. The molecule has 112 valence electrons. The lowest BCUT2D eigenvalue weighted by Gasteiger charge is -2.09. The van der Waals surface area contributed by atoms with Gasteiger partial charge in [0.05, 0.1) is 6.20 Å². The second kappa shape index (κ2) is 6.34. The van der Waals surface area contributed by atoms with Crippen LogP contribution in [0.4, 0.5) is 14.5 Å². The van der Waals surface area contributed by atoms with E-state index in [1.54, 1.807) is 31.0 Å². The summed E-state index contributed by atoms with van der Waals surface area (Å²) in [5.41, 5.74) is 0.521. The number of carbonyl (C=O) groups is 1. The first kappa shape index (κ1) is 15.0. The van der Waals surface area contributed by atoms with Gasteiger partial charge in [0.1, 0.15) is 17.3 Å². The highest BCUT2D eigenvalue weighted by Gasteiger charge is 2.14. The molecule has 0 radical (unpaired) electrons. The van der Waals surface area contributed by atoms with Gasteiger partial charge in [-0.15, -0.1) is 0 Å². The van der Waals surface area contributed by atoms with E-state index in [0.29, 0.717) is 6.54 Å². The summed E-state index contributed by atoms with van der Waals surface area (Å²) in [7, 11) is 1.76. The van der Waals surface area contributed by atoms with Crippen LogP contribution in [0.25, 0.3) is 0 Å². The second-order valence-corrected chi connectivity index (χ2v) is 4.55. The average molecular weight is 294 g/mol. The summed E-state index contributed by atoms with van der Waals surface area (Å²) >= 11 is 0. The van der Waals surface area contributed by atoms with Crippen molar-refractivity contribution < 1.29 is 13.6 Å². The molecule has 0 spiro atoms. The number of rotatable bonds is 5. The molecule has 5 nitrogen and oxygen atoms in total. The van der Waals surface area contributed by atoms with Crippen LogP contribution < -0.4 is 10.6 Å². The zero-order chi connectivity index (χ0) is 15.4. The summed E-state index contributed by atoms with van der Waals surface area (Å²) < 4.78 is 29.1. The Morgan fingerprint density at radius 1 is 1.33 bits per heavy atom. The SMILES string of the molecule is CCNc1c(F)cc(C(=O)NCc2cnn(C)c2)cc1F. The predicted molar refractivity (Wildman–Crippen MR) is 74.9 cm³/mol. The fourth-order valence-electron chi connectivity index (χ4n) is 1.90. The van der Waals surface area contributed by atoms with Crippen molar-refractivity contribution in [3.05, 3.63) is 47.3 Å². The van der Waals surface area contributed by atoms with Crippen LogP contribution >= 0.6 is 0 Å². The summed E-state index contributed by atoms with van der Waals surface area (Å²) in [6.45, 7) is 2.36. The summed E-state index contributed by atoms with van der Waals surface area (Å²) in [6.07, 6.45) is 3.35. The fourth-order valence-corrected chi connectivity index (χ4v) is 1.90. The van der Waals surface area contributed by atoms with Crippen molar-refractivity contribution in [2.75, 3.05) is 11.9 Å². The monoisotopic (exact) mass is 294 g/mol. The third-order valence-electron chi connectivity index (χ3n) is 2.87. The van der Waals surface area contributed by atoms with Crippen LogP contribution in [-0.4, -0.2) is 22.2 Å². The standard InChI is InChI=1S/C14H16F2N4O/c1-3-17-13-11(15)4-10(5-12(13)16)14(21)18-6-9-7-19-20(2)8-9/h4-5,7-8,17H,3,6H2,1-2H3,(H,18,21). The predicted octanol–water partition coefficient (Wildman–Crippen LogP) is 2.06. The van der Waals surface area contributed by atoms with Gasteiger partial charge in [0.25, 0.3) is 5.91 Å². The minimum atomic E-state index is -0.789. The van der Waals surface area contributed by atoms with Crippen LogP contribution in [0.2, 0.25) is 0 Å². The summed E-state index contributed by atoms with van der Waals surface area (Å²) in [5.74, 6) is -2.12. The van der Waals surface area contributed by atoms with E-state index in [-0.39, 0.29) is 17.8 Å². The molecule has 1 amide bonds. The largest absolute Gasteiger partial charge is 0.381 e. The molecule has 0 aliphatic carbocycles. The van der Waals surface area contributed by atoms with Crippen molar-refractivity contribution in [1.82, 2.24) is 15.1 Å². The van der Waals surface area contributed by atoms with Crippen LogP contribution in [0, 0.1) is 11.6 Å². The Morgan fingerprint density at radius 2 is 2.00 bits per heavy atom. The molecular weight excluding hydrogens is 278 g/mol. The lowest BCUT2D eigenvalue weighted by molar-refractivity contribution is 0.0950. The molecule has 0 saturated heterocycles. The molecule has 0 unspecified atom stereocenters. The van der Waals surface area contributed by atoms with Crippen molar-refractivity contribution >= 4 is 11.6 Å². The van der Waals surface area contributed by atoms with Gasteiger partial charge in [0.2, 0.25) is 0 Å². The number of anilines is 1. The lowest BCUT2D eigenvalue weighted by Crippen LogP contribution is -2.23. The number of hydrogen-bond donors (Lipinski definition) is 2. The number of nitrogens with one attached hydrogen (secondary N) is 2. The molecule has 2 N–H and O–H groups in total. The quantitative estimate of drug-likeness (QED) is 0.887. The van der Waals surface area contributed by atoms with Gasteiger partial charge in [-0.1, -0.05) is 0 Å². The normalized spacial score (nSPS) is 10.5. The number of aryl methyl sites for hydroxylation is 1. The van der Waals surface area contributed by atoms with Gasteiger partial charge in [-0.05, 0) is 19.1 Å². The third-order valence-corrected chi connectivity index (χ3v) is 2.87. The maximum atomic E-state index is 13.7. The summed E-state index contributed by atoms with van der Waals surface area (Å²) in [5, 5.41) is 9.13. The van der Waals surface area contributed by atoms with E-state index in [9.17, 15) is 13.6 Å². The maximum Gasteiger partial charge on any atom is 0.251 e. The zero-order valence-electron chi connectivity index (χ0n) is 11.8. The van der Waals surface area contributed by atoms with E-state index >= 15 is 0 Å². The Labute approximate surface area is 121 Å². The van der Waals surface area contributed by atoms with E-state index in [1.165, 1.54) is 0 Å². The lowest BCUT2D eigenvalue weighted by atomic mass is 10.1. The second-order valence-electron chi connectivity index (χ2n) is 4.55. The van der Waals surface area contributed by atoms with Crippen LogP contribution in [0.1, 0.15) is 22.8 Å². The van der Waals surface area contributed by atoms with Crippen molar-refractivity contribution in [3.63, 3.8) is 0 Å². The minimum absolute atomic E-state index is 0.0597. The van der Waals surface area contributed by atoms with E-state index in [1.807, 2.05) is 0 Å². The maximum absolute atomic E-state index is 13.7. The van der Waals surface area contributed by atoms with E-state index in [4.69, 9.17) is 0 Å². The number of halogens is 2. The molecule has 0 atom stereocenters. The molecule has 21 heavy (non-hydrogen) atoms. The van der Waals surface area contributed by atoms with Gasteiger partial charge >= 0.3 is 0 Å². The van der Waals surface area contributed by atoms with E-state index in [0.717, 1.165) is 17.7 Å². The van der Waals surface area contributed by atoms with Crippen LogP contribution in [0.3, 0.4) is 0 Å². The van der Waals surface area contributed by atoms with Gasteiger partial charge in [0.15, 0.2) is 0 Å².